The summed E-state index contributed by atoms with van der Waals surface area (Å²) in [5, 5.41) is 7.57. The third-order valence-corrected chi connectivity index (χ3v) is 12.3. The summed E-state index contributed by atoms with van der Waals surface area (Å²) in [5.41, 5.74) is 9.75. The Morgan fingerprint density at radius 2 is 0.754 bits per heavy atom. The van der Waals surface area contributed by atoms with Crippen molar-refractivity contribution in [2.45, 2.75) is 0 Å². The smallest absolute Gasteiger partial charge is 0.164 e. The molecule has 0 atom stereocenters. The maximum absolute atomic E-state index is 4.99. The van der Waals surface area contributed by atoms with Crippen molar-refractivity contribution in [2.75, 3.05) is 0 Å². The van der Waals surface area contributed by atoms with E-state index < -0.39 is 0 Å². The molecule has 5 nitrogen and oxygen atoms in total. The maximum Gasteiger partial charge on any atom is 0.164 e. The highest BCUT2D eigenvalue weighted by atomic mass is 32.1. The molecular weight excluding hydrogens is 715 g/mol. The van der Waals surface area contributed by atoms with Crippen molar-refractivity contribution >= 4 is 75.1 Å². The first-order valence-electron chi connectivity index (χ1n) is 19.1. The Kier molecular flexibility index (Phi) is 7.03. The lowest BCUT2D eigenvalue weighted by Crippen LogP contribution is -2.00. The summed E-state index contributed by atoms with van der Waals surface area (Å²) in [6.45, 7) is 0. The van der Waals surface area contributed by atoms with Crippen molar-refractivity contribution in [2.24, 2.45) is 0 Å². The van der Waals surface area contributed by atoms with Crippen molar-refractivity contribution in [1.29, 1.82) is 0 Å². The van der Waals surface area contributed by atoms with Crippen LogP contribution in [0.3, 0.4) is 0 Å². The van der Waals surface area contributed by atoms with E-state index in [0.717, 1.165) is 39.1 Å². The molecule has 57 heavy (non-hydrogen) atoms. The molecule has 0 amide bonds. The molecular formula is C51H31N5S. The van der Waals surface area contributed by atoms with Crippen LogP contribution in [0.4, 0.5) is 0 Å². The van der Waals surface area contributed by atoms with E-state index in [4.69, 9.17) is 15.0 Å². The summed E-state index contributed by atoms with van der Waals surface area (Å²) in [4.78, 5) is 14.9. The number of nitrogens with zero attached hydrogens (tertiary/aromatic N) is 5. The fraction of sp³-hybridized carbons (Fsp3) is 0. The van der Waals surface area contributed by atoms with Crippen LogP contribution >= 0.6 is 11.3 Å². The van der Waals surface area contributed by atoms with Crippen molar-refractivity contribution in [3.8, 4) is 45.5 Å². The van der Waals surface area contributed by atoms with E-state index in [0.29, 0.717) is 17.5 Å². The largest absolute Gasteiger partial charge is 0.309 e. The fourth-order valence-electron chi connectivity index (χ4n) is 8.53. The Morgan fingerprint density at radius 3 is 1.40 bits per heavy atom. The molecule has 12 rings (SSSR count). The summed E-state index contributed by atoms with van der Waals surface area (Å²) < 4.78 is 7.45. The molecule has 0 spiro atoms. The molecule has 6 heteroatoms. The Balaban J connectivity index is 1.07. The van der Waals surface area contributed by atoms with Crippen LogP contribution in [0.15, 0.2) is 188 Å². The molecule has 0 unspecified atom stereocenters. The zero-order valence-electron chi connectivity index (χ0n) is 30.5. The highest BCUT2D eigenvalue weighted by Crippen LogP contribution is 2.43. The van der Waals surface area contributed by atoms with Crippen molar-refractivity contribution in [1.82, 2.24) is 24.1 Å². The van der Waals surface area contributed by atoms with E-state index in [1.54, 1.807) is 0 Å². The average molecular weight is 746 g/mol. The molecule has 12 aromatic rings. The summed E-state index contributed by atoms with van der Waals surface area (Å²) in [6, 6.07) is 66.7. The number of benzene rings is 8. The van der Waals surface area contributed by atoms with Gasteiger partial charge in [-0.25, -0.2) is 15.0 Å². The second-order valence-corrected chi connectivity index (χ2v) is 15.5. The van der Waals surface area contributed by atoms with Crippen molar-refractivity contribution < 1.29 is 0 Å². The van der Waals surface area contributed by atoms with E-state index in [9.17, 15) is 0 Å². The van der Waals surface area contributed by atoms with E-state index >= 15 is 0 Å². The third-order valence-electron chi connectivity index (χ3n) is 11.2. The van der Waals surface area contributed by atoms with Crippen LogP contribution in [0.25, 0.3) is 109 Å². The van der Waals surface area contributed by atoms with Crippen LogP contribution in [0.2, 0.25) is 0 Å². The summed E-state index contributed by atoms with van der Waals surface area (Å²) in [5.74, 6) is 1.94. The molecule has 4 heterocycles. The molecule has 0 saturated heterocycles. The second-order valence-electron chi connectivity index (χ2n) is 14.5. The quantitative estimate of drug-likeness (QED) is 0.176. The summed E-state index contributed by atoms with van der Waals surface area (Å²) in [7, 11) is 0. The zero-order valence-corrected chi connectivity index (χ0v) is 31.4. The van der Waals surface area contributed by atoms with Gasteiger partial charge in [0, 0.05) is 69.8 Å². The molecule has 0 aliphatic heterocycles. The van der Waals surface area contributed by atoms with E-state index in [1.165, 1.54) is 52.8 Å². The van der Waals surface area contributed by atoms with Crippen LogP contribution in [-0.4, -0.2) is 24.1 Å². The topological polar surface area (TPSA) is 48.5 Å². The number of rotatable bonds is 5. The first-order valence-corrected chi connectivity index (χ1v) is 19.9. The van der Waals surface area contributed by atoms with Gasteiger partial charge in [0.15, 0.2) is 17.5 Å². The minimum Gasteiger partial charge on any atom is -0.309 e. The lowest BCUT2D eigenvalue weighted by molar-refractivity contribution is 1.07. The van der Waals surface area contributed by atoms with Gasteiger partial charge in [0.25, 0.3) is 0 Å². The minimum atomic E-state index is 0.637. The van der Waals surface area contributed by atoms with Gasteiger partial charge in [-0.05, 0) is 72.8 Å². The number of para-hydroxylation sites is 2. The highest BCUT2D eigenvalue weighted by molar-refractivity contribution is 7.25. The van der Waals surface area contributed by atoms with Crippen LogP contribution in [0.5, 0.6) is 0 Å². The SMILES string of the molecule is c1ccc(-c2nc(-c3ccccc3)nc(-c3ccc(-n4c5ccccc5c5cc6c7cc8c(cc7n(-c7ccccc7)c6cc54)sc4ccccc48)cc3)n2)cc1. The molecule has 0 fully saturated rings. The van der Waals surface area contributed by atoms with E-state index in [1.807, 2.05) is 72.0 Å². The van der Waals surface area contributed by atoms with Gasteiger partial charge in [0.1, 0.15) is 0 Å². The van der Waals surface area contributed by atoms with Gasteiger partial charge in [-0.15, -0.1) is 11.3 Å². The molecule has 4 aromatic heterocycles. The number of hydrogen-bond donors (Lipinski definition) is 0. The van der Waals surface area contributed by atoms with Gasteiger partial charge < -0.3 is 9.13 Å². The first-order chi connectivity index (χ1) is 28.2. The van der Waals surface area contributed by atoms with Gasteiger partial charge in [0.05, 0.1) is 22.1 Å². The van der Waals surface area contributed by atoms with E-state index in [2.05, 4.69) is 137 Å². The Morgan fingerprint density at radius 1 is 0.298 bits per heavy atom. The molecule has 266 valence electrons. The Bertz CT molecular complexity index is 3430. The minimum absolute atomic E-state index is 0.637. The van der Waals surface area contributed by atoms with Gasteiger partial charge in [-0.1, -0.05) is 115 Å². The standard InChI is InChI=1S/C51H31N5S/c1-4-14-32(15-5-1)49-52-50(33-16-6-2-7-17-33)54-51(53-49)34-24-26-36(27-25-34)55-43-22-12-10-20-37(43)39-28-40-41-29-42-38-21-11-13-23-47(38)57-48(42)31-46(41)56(45(40)30-44(39)55)35-18-8-3-9-19-35/h1-31H. The van der Waals surface area contributed by atoms with Gasteiger partial charge in [-0.2, -0.15) is 0 Å². The fourth-order valence-corrected chi connectivity index (χ4v) is 9.65. The summed E-state index contributed by atoms with van der Waals surface area (Å²) >= 11 is 1.87. The van der Waals surface area contributed by atoms with Crippen LogP contribution in [0.1, 0.15) is 0 Å². The lowest BCUT2D eigenvalue weighted by atomic mass is 10.1. The Hall–Kier alpha value is -7.41. The monoisotopic (exact) mass is 745 g/mol. The number of fused-ring (bicyclic) bond motifs is 9. The van der Waals surface area contributed by atoms with E-state index in [-0.39, 0.29) is 0 Å². The molecule has 8 aromatic carbocycles. The second kappa shape index (κ2) is 12.6. The molecule has 0 aliphatic rings. The van der Waals surface area contributed by atoms with Gasteiger partial charge in [-0.3, -0.25) is 0 Å². The first kappa shape index (κ1) is 31.9. The number of hydrogen-bond acceptors (Lipinski definition) is 4. The summed E-state index contributed by atoms with van der Waals surface area (Å²) in [6.07, 6.45) is 0. The zero-order chi connectivity index (χ0) is 37.5. The molecule has 0 radical (unpaired) electrons. The van der Waals surface area contributed by atoms with Gasteiger partial charge >= 0.3 is 0 Å². The number of aromatic nitrogens is 5. The predicted molar refractivity (Wildman–Crippen MR) is 238 cm³/mol. The Labute approximate surface area is 331 Å². The van der Waals surface area contributed by atoms with Crippen LogP contribution in [0, 0.1) is 0 Å². The lowest BCUT2D eigenvalue weighted by Gasteiger charge is -2.11. The molecule has 0 bridgehead atoms. The van der Waals surface area contributed by atoms with Crippen LogP contribution < -0.4 is 0 Å². The van der Waals surface area contributed by atoms with Crippen molar-refractivity contribution in [3.63, 3.8) is 0 Å². The van der Waals surface area contributed by atoms with Crippen molar-refractivity contribution in [3.05, 3.63) is 188 Å². The highest BCUT2D eigenvalue weighted by Gasteiger charge is 2.20. The molecule has 0 N–H and O–H groups in total. The average Bonchev–Trinajstić information content (AvgIpc) is 3.92. The van der Waals surface area contributed by atoms with Gasteiger partial charge in [0.2, 0.25) is 0 Å². The molecule has 0 aliphatic carbocycles. The third kappa shape index (κ3) is 5.04. The molecule has 0 saturated carbocycles. The predicted octanol–water partition coefficient (Wildman–Crippen LogP) is 13.4. The maximum atomic E-state index is 4.99. The normalized spacial score (nSPS) is 11.9. The number of thiophene rings is 1. The van der Waals surface area contributed by atoms with Crippen LogP contribution in [-0.2, 0) is 0 Å².